The number of aromatic amines is 1. The third kappa shape index (κ3) is 2.34. The van der Waals surface area contributed by atoms with Crippen LogP contribution in [0.3, 0.4) is 0 Å². The molecule has 2 aromatic rings. The van der Waals surface area contributed by atoms with Crippen LogP contribution < -0.4 is 5.32 Å². The van der Waals surface area contributed by atoms with Crippen molar-refractivity contribution in [2.75, 3.05) is 7.05 Å². The number of carbonyl (C=O) groups is 1. The van der Waals surface area contributed by atoms with Crippen molar-refractivity contribution in [3.8, 4) is 0 Å². The highest BCUT2D eigenvalue weighted by Gasteiger charge is 2.04. The Labute approximate surface area is 88.7 Å². The summed E-state index contributed by atoms with van der Waals surface area (Å²) in [6, 6.07) is 5.35. The molecule has 0 aliphatic heterocycles. The van der Waals surface area contributed by atoms with Gasteiger partial charge >= 0.3 is 0 Å². The normalized spacial score (nSPS) is 9.27. The molecule has 0 aliphatic carbocycles. The molecule has 0 unspecified atom stereocenters. The highest BCUT2D eigenvalue weighted by Crippen LogP contribution is 2.10. The van der Waals surface area contributed by atoms with E-state index in [2.05, 4.69) is 15.3 Å². The first-order chi connectivity index (χ1) is 7.31. The second-order valence-electron chi connectivity index (χ2n) is 2.71. The minimum Gasteiger partial charge on any atom is -0.355 e. The van der Waals surface area contributed by atoms with Crippen LogP contribution in [0.5, 0.6) is 0 Å². The van der Waals surface area contributed by atoms with Gasteiger partial charge in [0.15, 0.2) is 0 Å². The summed E-state index contributed by atoms with van der Waals surface area (Å²) in [5.41, 5.74) is 2.38. The summed E-state index contributed by atoms with van der Waals surface area (Å²) in [7, 11) is 1.61. The molecule has 0 fully saturated rings. The van der Waals surface area contributed by atoms with Crippen LogP contribution in [0.2, 0.25) is 0 Å². The average Bonchev–Trinajstić information content (AvgIpc) is 2.77. The van der Waals surface area contributed by atoms with Gasteiger partial charge in [0.05, 0.1) is 17.4 Å². The lowest BCUT2D eigenvalue weighted by Crippen LogP contribution is -2.17. The summed E-state index contributed by atoms with van der Waals surface area (Å²) in [6.45, 7) is 4.00. The van der Waals surface area contributed by atoms with Gasteiger partial charge in [0.25, 0.3) is 5.91 Å². The van der Waals surface area contributed by atoms with E-state index in [-0.39, 0.29) is 5.91 Å². The second-order valence-corrected chi connectivity index (χ2v) is 2.71. The van der Waals surface area contributed by atoms with Crippen molar-refractivity contribution in [2.45, 2.75) is 13.8 Å². The molecule has 1 amide bonds. The van der Waals surface area contributed by atoms with Crippen molar-refractivity contribution in [2.24, 2.45) is 0 Å². The van der Waals surface area contributed by atoms with Crippen molar-refractivity contribution in [1.82, 2.24) is 15.3 Å². The summed E-state index contributed by atoms with van der Waals surface area (Å²) < 4.78 is 0. The summed E-state index contributed by atoms with van der Waals surface area (Å²) in [6.07, 6.45) is 1.61. The number of nitrogens with one attached hydrogen (secondary N) is 2. The van der Waals surface area contributed by atoms with Gasteiger partial charge in [-0.1, -0.05) is 13.8 Å². The van der Waals surface area contributed by atoms with E-state index in [4.69, 9.17) is 0 Å². The van der Waals surface area contributed by atoms with Crippen molar-refractivity contribution in [3.63, 3.8) is 0 Å². The molecule has 0 bridgehead atoms. The van der Waals surface area contributed by atoms with Gasteiger partial charge in [-0.3, -0.25) is 4.79 Å². The smallest absolute Gasteiger partial charge is 0.251 e. The maximum atomic E-state index is 11.2. The number of imidazole rings is 1. The van der Waals surface area contributed by atoms with E-state index in [1.807, 2.05) is 19.9 Å². The number of amides is 1. The van der Waals surface area contributed by atoms with Gasteiger partial charge in [0.2, 0.25) is 0 Å². The van der Waals surface area contributed by atoms with Crippen LogP contribution in [0.1, 0.15) is 24.2 Å². The zero-order valence-corrected chi connectivity index (χ0v) is 9.16. The molecule has 2 rings (SSSR count). The summed E-state index contributed by atoms with van der Waals surface area (Å²) in [5, 5.41) is 2.56. The van der Waals surface area contributed by atoms with Crippen LogP contribution in [0.15, 0.2) is 24.5 Å². The maximum absolute atomic E-state index is 11.2. The fourth-order valence-corrected chi connectivity index (χ4v) is 1.22. The topological polar surface area (TPSA) is 57.8 Å². The van der Waals surface area contributed by atoms with Gasteiger partial charge in [-0.15, -0.1) is 0 Å². The molecule has 80 valence electrons. The van der Waals surface area contributed by atoms with Crippen molar-refractivity contribution >= 4 is 16.9 Å². The number of rotatable bonds is 1. The van der Waals surface area contributed by atoms with E-state index in [1.165, 1.54) is 0 Å². The number of fused-ring (bicyclic) bond motifs is 1. The minimum absolute atomic E-state index is 0.0866. The minimum atomic E-state index is -0.0866. The number of aromatic nitrogens is 2. The summed E-state index contributed by atoms with van der Waals surface area (Å²) in [4.78, 5) is 18.2. The van der Waals surface area contributed by atoms with Gasteiger partial charge in [0, 0.05) is 12.6 Å². The molecule has 1 heterocycles. The van der Waals surface area contributed by atoms with E-state index in [0.717, 1.165) is 11.0 Å². The van der Waals surface area contributed by atoms with Crippen LogP contribution in [-0.4, -0.2) is 22.9 Å². The van der Waals surface area contributed by atoms with Crippen LogP contribution in [-0.2, 0) is 0 Å². The SMILES string of the molecule is CC.CNC(=O)c1ccc2nc[nH]c2c1. The van der Waals surface area contributed by atoms with Crippen LogP contribution in [0.4, 0.5) is 0 Å². The average molecular weight is 205 g/mol. The molecule has 15 heavy (non-hydrogen) atoms. The zero-order valence-electron chi connectivity index (χ0n) is 9.16. The van der Waals surface area contributed by atoms with Crippen molar-refractivity contribution in [3.05, 3.63) is 30.1 Å². The maximum Gasteiger partial charge on any atom is 0.251 e. The number of carbonyl (C=O) groups excluding carboxylic acids is 1. The molecule has 0 radical (unpaired) electrons. The van der Waals surface area contributed by atoms with E-state index >= 15 is 0 Å². The number of benzene rings is 1. The van der Waals surface area contributed by atoms with E-state index in [1.54, 1.807) is 25.5 Å². The van der Waals surface area contributed by atoms with Gasteiger partial charge in [-0.25, -0.2) is 4.98 Å². The Balaban J connectivity index is 0.000000531. The Hall–Kier alpha value is -1.84. The monoisotopic (exact) mass is 205 g/mol. The Bertz CT molecular complexity index is 448. The third-order valence-electron chi connectivity index (χ3n) is 1.91. The lowest BCUT2D eigenvalue weighted by Gasteiger charge is -1.98. The molecule has 0 aliphatic rings. The Morgan fingerprint density at radius 3 is 2.80 bits per heavy atom. The first-order valence-electron chi connectivity index (χ1n) is 4.96. The highest BCUT2D eigenvalue weighted by molar-refractivity contribution is 5.97. The van der Waals surface area contributed by atoms with Crippen molar-refractivity contribution in [1.29, 1.82) is 0 Å². The molecule has 0 spiro atoms. The highest BCUT2D eigenvalue weighted by atomic mass is 16.1. The number of nitrogens with zero attached hydrogens (tertiary/aromatic N) is 1. The molecular weight excluding hydrogens is 190 g/mol. The van der Waals surface area contributed by atoms with Gasteiger partial charge < -0.3 is 10.3 Å². The summed E-state index contributed by atoms with van der Waals surface area (Å²) >= 11 is 0. The molecule has 2 N–H and O–H groups in total. The van der Waals surface area contributed by atoms with Crippen LogP contribution >= 0.6 is 0 Å². The lowest BCUT2D eigenvalue weighted by atomic mass is 10.2. The Kier molecular flexibility index (Phi) is 3.85. The van der Waals surface area contributed by atoms with Gasteiger partial charge in [-0.2, -0.15) is 0 Å². The number of hydrogen-bond acceptors (Lipinski definition) is 2. The van der Waals surface area contributed by atoms with Crippen LogP contribution in [0, 0.1) is 0 Å². The summed E-state index contributed by atoms with van der Waals surface area (Å²) in [5.74, 6) is -0.0866. The van der Waals surface area contributed by atoms with Crippen molar-refractivity contribution < 1.29 is 4.79 Å². The molecule has 1 aromatic carbocycles. The van der Waals surface area contributed by atoms with Gasteiger partial charge in [-0.05, 0) is 18.2 Å². The molecule has 4 nitrogen and oxygen atoms in total. The molecule has 0 atom stereocenters. The van der Waals surface area contributed by atoms with Crippen LogP contribution in [0.25, 0.3) is 11.0 Å². The first kappa shape index (κ1) is 11.2. The molecule has 1 aromatic heterocycles. The quantitative estimate of drug-likeness (QED) is 0.747. The van der Waals surface area contributed by atoms with E-state index in [9.17, 15) is 4.79 Å². The van der Waals surface area contributed by atoms with Gasteiger partial charge in [0.1, 0.15) is 0 Å². The third-order valence-corrected chi connectivity index (χ3v) is 1.91. The predicted molar refractivity (Wildman–Crippen MR) is 60.8 cm³/mol. The fourth-order valence-electron chi connectivity index (χ4n) is 1.22. The van der Waals surface area contributed by atoms with E-state index in [0.29, 0.717) is 5.56 Å². The fraction of sp³-hybridized carbons (Fsp3) is 0.273. The first-order valence-corrected chi connectivity index (χ1v) is 4.96. The number of hydrogen-bond donors (Lipinski definition) is 2. The molecule has 4 heteroatoms. The Morgan fingerprint density at radius 2 is 2.13 bits per heavy atom. The zero-order chi connectivity index (χ0) is 11.3. The molecular formula is C11H15N3O. The predicted octanol–water partition coefficient (Wildman–Crippen LogP) is 1.95. The largest absolute Gasteiger partial charge is 0.355 e. The Morgan fingerprint density at radius 1 is 1.40 bits per heavy atom. The second kappa shape index (κ2) is 5.14. The molecule has 0 saturated heterocycles. The van der Waals surface area contributed by atoms with E-state index < -0.39 is 0 Å². The lowest BCUT2D eigenvalue weighted by molar-refractivity contribution is 0.0963. The number of H-pyrrole nitrogens is 1. The standard InChI is InChI=1S/C9H9N3O.C2H6/c1-10-9(13)6-2-3-7-8(4-6)12-5-11-7;1-2/h2-5H,1H3,(H,10,13)(H,11,12);1-2H3. The molecule has 0 saturated carbocycles.